The molecular weight excluding hydrogens is 256 g/mol. The van der Waals surface area contributed by atoms with E-state index in [1.165, 1.54) is 6.42 Å². The highest BCUT2D eigenvalue weighted by atomic mass is 16.5. The van der Waals surface area contributed by atoms with Crippen LogP contribution in [0.5, 0.6) is 0 Å². The Hall–Kier alpha value is -0.690. The summed E-state index contributed by atoms with van der Waals surface area (Å²) < 4.78 is 5.28. The number of nitrogens with zero attached hydrogens (tertiary/aromatic N) is 3. The molecule has 0 bridgehead atoms. The van der Waals surface area contributed by atoms with Crippen LogP contribution in [0.15, 0.2) is 0 Å². The minimum absolute atomic E-state index is 0.255. The van der Waals surface area contributed by atoms with Crippen molar-refractivity contribution in [3.8, 4) is 0 Å². The highest BCUT2D eigenvalue weighted by Crippen LogP contribution is 2.05. The maximum Gasteiger partial charge on any atom is 0.236 e. The SMILES string of the molecule is NCCCCN1CCN(CC(=O)N2CCOCC2)CC1. The molecule has 0 atom stereocenters. The van der Waals surface area contributed by atoms with Crippen LogP contribution >= 0.6 is 0 Å². The lowest BCUT2D eigenvalue weighted by Gasteiger charge is -2.36. The number of carbonyl (C=O) groups is 1. The lowest BCUT2D eigenvalue weighted by Crippen LogP contribution is -2.51. The highest BCUT2D eigenvalue weighted by Gasteiger charge is 2.22. The van der Waals surface area contributed by atoms with Crippen molar-refractivity contribution < 1.29 is 9.53 Å². The van der Waals surface area contributed by atoms with Gasteiger partial charge in [0.05, 0.1) is 19.8 Å². The molecule has 0 aromatic rings. The number of morpholine rings is 1. The molecule has 0 radical (unpaired) electrons. The fraction of sp³-hybridized carbons (Fsp3) is 0.929. The Kier molecular flexibility index (Phi) is 6.72. The lowest BCUT2D eigenvalue weighted by atomic mass is 10.2. The molecule has 6 heteroatoms. The van der Waals surface area contributed by atoms with E-state index in [4.69, 9.17) is 10.5 Å². The maximum atomic E-state index is 12.2. The van der Waals surface area contributed by atoms with Gasteiger partial charge in [-0.15, -0.1) is 0 Å². The molecule has 116 valence electrons. The second-order valence-electron chi connectivity index (χ2n) is 5.61. The number of rotatable bonds is 6. The van der Waals surface area contributed by atoms with E-state index in [1.807, 2.05) is 4.90 Å². The van der Waals surface area contributed by atoms with E-state index < -0.39 is 0 Å². The van der Waals surface area contributed by atoms with Gasteiger partial charge in [-0.1, -0.05) is 0 Å². The smallest absolute Gasteiger partial charge is 0.236 e. The molecule has 0 spiro atoms. The summed E-state index contributed by atoms with van der Waals surface area (Å²) in [6.07, 6.45) is 2.29. The number of carbonyl (C=O) groups excluding carboxylic acids is 1. The van der Waals surface area contributed by atoms with E-state index in [9.17, 15) is 4.79 Å². The highest BCUT2D eigenvalue weighted by molar-refractivity contribution is 5.78. The first-order valence-corrected chi connectivity index (χ1v) is 7.80. The van der Waals surface area contributed by atoms with Gasteiger partial charge < -0.3 is 20.3 Å². The van der Waals surface area contributed by atoms with Crippen molar-refractivity contribution in [1.29, 1.82) is 0 Å². The van der Waals surface area contributed by atoms with Crippen LogP contribution < -0.4 is 5.73 Å². The van der Waals surface area contributed by atoms with Crippen LogP contribution in [0.4, 0.5) is 0 Å². The van der Waals surface area contributed by atoms with Gasteiger partial charge in [-0.2, -0.15) is 0 Å². The maximum absolute atomic E-state index is 12.2. The second-order valence-corrected chi connectivity index (χ2v) is 5.61. The fourth-order valence-electron chi connectivity index (χ4n) is 2.75. The summed E-state index contributed by atoms with van der Waals surface area (Å²) in [6.45, 7) is 9.49. The topological polar surface area (TPSA) is 62.0 Å². The van der Waals surface area contributed by atoms with Crippen LogP contribution in [0.2, 0.25) is 0 Å². The molecular formula is C14H28N4O2. The van der Waals surface area contributed by atoms with Crippen LogP contribution in [0, 0.1) is 0 Å². The average Bonchev–Trinajstić information content (AvgIpc) is 2.50. The number of unbranched alkanes of at least 4 members (excludes halogenated alkanes) is 1. The first-order valence-electron chi connectivity index (χ1n) is 7.80. The van der Waals surface area contributed by atoms with Crippen molar-refractivity contribution in [2.75, 3.05) is 72.1 Å². The van der Waals surface area contributed by atoms with E-state index in [0.717, 1.165) is 58.8 Å². The zero-order chi connectivity index (χ0) is 14.2. The summed E-state index contributed by atoms with van der Waals surface area (Å²) in [5.41, 5.74) is 5.51. The van der Waals surface area contributed by atoms with Crippen LogP contribution in [-0.2, 0) is 9.53 Å². The normalized spacial score (nSPS) is 22.1. The van der Waals surface area contributed by atoms with Crippen molar-refractivity contribution >= 4 is 5.91 Å². The van der Waals surface area contributed by atoms with Crippen LogP contribution in [0.25, 0.3) is 0 Å². The minimum atomic E-state index is 0.255. The third kappa shape index (κ3) is 5.01. The predicted molar refractivity (Wildman–Crippen MR) is 78.6 cm³/mol. The third-order valence-corrected chi connectivity index (χ3v) is 4.12. The molecule has 0 saturated carbocycles. The lowest BCUT2D eigenvalue weighted by molar-refractivity contribution is -0.136. The zero-order valence-corrected chi connectivity index (χ0v) is 12.4. The summed E-state index contributed by atoms with van der Waals surface area (Å²) in [7, 11) is 0. The molecule has 2 saturated heterocycles. The fourth-order valence-corrected chi connectivity index (χ4v) is 2.75. The zero-order valence-electron chi connectivity index (χ0n) is 12.4. The van der Waals surface area contributed by atoms with Crippen molar-refractivity contribution in [2.24, 2.45) is 5.73 Å². The Morgan fingerprint density at radius 3 is 2.25 bits per heavy atom. The van der Waals surface area contributed by atoms with Crippen LogP contribution in [0.3, 0.4) is 0 Å². The first kappa shape index (κ1) is 15.7. The van der Waals surface area contributed by atoms with Crippen molar-refractivity contribution in [3.05, 3.63) is 0 Å². The third-order valence-electron chi connectivity index (χ3n) is 4.12. The van der Waals surface area contributed by atoms with Crippen molar-refractivity contribution in [3.63, 3.8) is 0 Å². The van der Waals surface area contributed by atoms with Gasteiger partial charge in [-0.05, 0) is 25.9 Å². The van der Waals surface area contributed by atoms with Gasteiger partial charge in [-0.3, -0.25) is 9.69 Å². The Balaban J connectivity index is 1.62. The van der Waals surface area contributed by atoms with E-state index in [0.29, 0.717) is 19.8 Å². The molecule has 0 aliphatic carbocycles. The van der Waals surface area contributed by atoms with Gasteiger partial charge in [0, 0.05) is 39.3 Å². The molecule has 2 rings (SSSR count). The van der Waals surface area contributed by atoms with Gasteiger partial charge in [0.15, 0.2) is 0 Å². The average molecular weight is 284 g/mol. The van der Waals surface area contributed by atoms with Gasteiger partial charge in [0.25, 0.3) is 0 Å². The summed E-state index contributed by atoms with van der Waals surface area (Å²) in [6, 6.07) is 0. The molecule has 0 aromatic carbocycles. The van der Waals surface area contributed by atoms with E-state index in [2.05, 4.69) is 9.80 Å². The standard InChI is InChI=1S/C14H28N4O2/c15-3-1-2-4-16-5-7-17(8-6-16)13-14(19)18-9-11-20-12-10-18/h1-13,15H2. The van der Waals surface area contributed by atoms with Gasteiger partial charge in [0.2, 0.25) is 5.91 Å². The molecule has 2 N–H and O–H groups in total. The largest absolute Gasteiger partial charge is 0.378 e. The molecule has 20 heavy (non-hydrogen) atoms. The van der Waals surface area contributed by atoms with Crippen molar-refractivity contribution in [1.82, 2.24) is 14.7 Å². The molecule has 0 unspecified atom stereocenters. The monoisotopic (exact) mass is 284 g/mol. The number of hydrogen-bond acceptors (Lipinski definition) is 5. The molecule has 1 amide bonds. The second kappa shape index (κ2) is 8.56. The minimum Gasteiger partial charge on any atom is -0.378 e. The van der Waals surface area contributed by atoms with E-state index in [1.54, 1.807) is 0 Å². The van der Waals surface area contributed by atoms with E-state index >= 15 is 0 Å². The summed E-state index contributed by atoms with van der Waals surface area (Å²) >= 11 is 0. The Labute approximate surface area is 121 Å². The Morgan fingerprint density at radius 2 is 1.60 bits per heavy atom. The van der Waals surface area contributed by atoms with Gasteiger partial charge in [-0.25, -0.2) is 0 Å². The predicted octanol–water partition coefficient (Wildman–Crippen LogP) is -0.798. The quantitative estimate of drug-likeness (QED) is 0.647. The van der Waals surface area contributed by atoms with Gasteiger partial charge in [0.1, 0.15) is 0 Å². The number of hydrogen-bond donors (Lipinski definition) is 1. The molecule has 0 aromatic heterocycles. The number of nitrogens with two attached hydrogens (primary N) is 1. The number of amides is 1. The van der Waals surface area contributed by atoms with Crippen LogP contribution in [-0.4, -0.2) is 92.7 Å². The molecule has 2 aliphatic heterocycles. The molecule has 2 heterocycles. The van der Waals surface area contributed by atoms with Crippen LogP contribution in [0.1, 0.15) is 12.8 Å². The summed E-state index contributed by atoms with van der Waals surface area (Å²) in [5.74, 6) is 0.255. The number of ether oxygens (including phenoxy) is 1. The number of piperazine rings is 1. The molecule has 2 aliphatic rings. The summed E-state index contributed by atoms with van der Waals surface area (Å²) in [5, 5.41) is 0. The molecule has 2 fully saturated rings. The van der Waals surface area contributed by atoms with Crippen molar-refractivity contribution in [2.45, 2.75) is 12.8 Å². The Morgan fingerprint density at radius 1 is 0.950 bits per heavy atom. The summed E-state index contributed by atoms with van der Waals surface area (Å²) in [4.78, 5) is 18.8. The first-order chi connectivity index (χ1) is 9.79. The van der Waals surface area contributed by atoms with Gasteiger partial charge >= 0.3 is 0 Å². The van der Waals surface area contributed by atoms with E-state index in [-0.39, 0.29) is 5.91 Å². The Bertz CT molecular complexity index is 287. The molecule has 6 nitrogen and oxygen atoms in total.